The molecule has 12 rings (SSSR count). The molecule has 0 N–H and O–H groups in total. The van der Waals surface area contributed by atoms with Gasteiger partial charge in [-0.05, 0) is 167 Å². The van der Waals surface area contributed by atoms with Crippen molar-refractivity contribution in [3.63, 3.8) is 0 Å². The molecule has 0 fully saturated rings. The summed E-state index contributed by atoms with van der Waals surface area (Å²) in [6, 6.07) is 54.0. The molecule has 0 heterocycles. The molecule has 0 aliphatic rings. The molecule has 4 nitrogen and oxygen atoms in total. The lowest BCUT2D eigenvalue weighted by Crippen LogP contribution is -2.27. The van der Waals surface area contributed by atoms with E-state index in [0.717, 1.165) is 95.5 Å². The summed E-state index contributed by atoms with van der Waals surface area (Å²) in [6.45, 7) is 26.6. The van der Waals surface area contributed by atoms with Gasteiger partial charge in [-0.25, -0.2) is 20.0 Å². The smallest absolute Gasteiger partial charge is 0.0979 e. The zero-order chi connectivity index (χ0) is 55.9. The first kappa shape index (κ1) is 53.9. The summed E-state index contributed by atoms with van der Waals surface area (Å²) in [5, 5.41) is 18.8. The van der Waals surface area contributed by atoms with Gasteiger partial charge in [0.25, 0.3) is 0 Å². The Morgan fingerprint density at radius 3 is 0.575 bits per heavy atom. The normalized spacial score (nSPS) is 12.9. The molecular formula is C76H76N4. The minimum absolute atomic E-state index is 0.946. The highest BCUT2D eigenvalue weighted by Crippen LogP contribution is 2.37. The Balaban J connectivity index is 0.000000169. The molecule has 0 aliphatic heterocycles. The van der Waals surface area contributed by atoms with Crippen LogP contribution in [0.4, 0.5) is 22.7 Å². The van der Waals surface area contributed by atoms with Gasteiger partial charge in [0.2, 0.25) is 0 Å². The first-order valence-corrected chi connectivity index (χ1v) is 29.7. The molecule has 400 valence electrons. The van der Waals surface area contributed by atoms with Crippen molar-refractivity contribution in [2.75, 3.05) is 0 Å². The molecule has 0 saturated heterocycles. The van der Waals surface area contributed by atoms with E-state index in [1.807, 2.05) is 0 Å². The van der Waals surface area contributed by atoms with E-state index in [2.05, 4.69) is 229 Å². The lowest BCUT2D eigenvalue weighted by atomic mass is 9.93. The van der Waals surface area contributed by atoms with Crippen molar-refractivity contribution >= 4 is 87.4 Å². The van der Waals surface area contributed by atoms with E-state index < -0.39 is 0 Å². The fraction of sp³-hybridized carbons (Fsp3) is 0.263. The van der Waals surface area contributed by atoms with Crippen LogP contribution in [0.5, 0.6) is 0 Å². The van der Waals surface area contributed by atoms with E-state index in [-0.39, 0.29) is 0 Å². The minimum Gasteiger partial charge on any atom is -0.246 e. The van der Waals surface area contributed by atoms with Gasteiger partial charge in [-0.1, -0.05) is 223 Å². The summed E-state index contributed by atoms with van der Waals surface area (Å²) in [5.41, 5.74) is 20.0. The minimum atomic E-state index is 0.946. The molecule has 4 heteroatoms. The second-order valence-corrected chi connectivity index (χ2v) is 22.1. The second-order valence-electron chi connectivity index (χ2n) is 22.1. The Morgan fingerprint density at radius 2 is 0.412 bits per heavy atom. The molecule has 0 bridgehead atoms. The van der Waals surface area contributed by atoms with E-state index in [1.54, 1.807) is 0 Å². The summed E-state index contributed by atoms with van der Waals surface area (Å²) < 4.78 is 0. The van der Waals surface area contributed by atoms with Crippen LogP contribution in [0.3, 0.4) is 0 Å². The SMILES string of the molecule is CCc1cc(C)cc(CC)c1N=c1c(=Nc2c(CC)cc(C)cc2CC)c2cccc3ccc4cccc1c4c32.CCc1cc(C)cc(CC)c1N=c1c(=Nc2c(CC)cc(C)cc2CC)c2cccc3ccc4cccc1c4c32. The third-order valence-corrected chi connectivity index (χ3v) is 16.8. The van der Waals surface area contributed by atoms with Gasteiger partial charge in [-0.15, -0.1) is 0 Å². The fourth-order valence-electron chi connectivity index (χ4n) is 13.0. The Kier molecular flexibility index (Phi) is 15.2. The first-order chi connectivity index (χ1) is 38.9. The van der Waals surface area contributed by atoms with Gasteiger partial charge >= 0.3 is 0 Å². The quantitative estimate of drug-likeness (QED) is 0.110. The molecule has 0 aliphatic carbocycles. The second kappa shape index (κ2) is 22.6. The average Bonchev–Trinajstić information content (AvgIpc) is 3.55. The van der Waals surface area contributed by atoms with E-state index >= 15 is 0 Å². The molecule has 12 aromatic carbocycles. The van der Waals surface area contributed by atoms with Crippen molar-refractivity contribution in [2.45, 2.75) is 134 Å². The van der Waals surface area contributed by atoms with E-state index in [4.69, 9.17) is 20.0 Å². The maximum atomic E-state index is 5.60. The zero-order valence-corrected chi connectivity index (χ0v) is 49.3. The van der Waals surface area contributed by atoms with Crippen LogP contribution in [-0.2, 0) is 51.4 Å². The van der Waals surface area contributed by atoms with Crippen molar-refractivity contribution in [2.24, 2.45) is 20.0 Å². The lowest BCUT2D eigenvalue weighted by Gasteiger charge is -2.15. The van der Waals surface area contributed by atoms with Crippen LogP contribution in [0, 0.1) is 27.7 Å². The van der Waals surface area contributed by atoms with Crippen molar-refractivity contribution in [1.82, 2.24) is 0 Å². The van der Waals surface area contributed by atoms with Crippen LogP contribution in [0.25, 0.3) is 64.6 Å². The standard InChI is InChI=1S/2C38H38N2/c2*1-7-25-19-23(5)20-26(8-2)35(25)39-37-31-15-11-13-29-17-18-30-14-12-16-32(34(30)33(29)31)38(37)40-36-27(9-3)21-24(6)22-28(36)10-4/h2*11-22H,7-10H2,1-6H3. The monoisotopic (exact) mass is 1040 g/mol. The number of rotatable bonds is 12. The molecule has 0 radical (unpaired) electrons. The van der Waals surface area contributed by atoms with E-state index in [9.17, 15) is 0 Å². The predicted octanol–water partition coefficient (Wildman–Crippen LogP) is 18.7. The zero-order valence-electron chi connectivity index (χ0n) is 49.3. The highest BCUT2D eigenvalue weighted by molar-refractivity contribution is 6.24. The molecule has 80 heavy (non-hydrogen) atoms. The van der Waals surface area contributed by atoms with Gasteiger partial charge < -0.3 is 0 Å². The van der Waals surface area contributed by atoms with Crippen LogP contribution >= 0.6 is 0 Å². The highest BCUT2D eigenvalue weighted by atomic mass is 14.8. The number of benzene rings is 12. The van der Waals surface area contributed by atoms with Crippen LogP contribution in [0.15, 0.2) is 166 Å². The topological polar surface area (TPSA) is 49.4 Å². The summed E-state index contributed by atoms with van der Waals surface area (Å²) in [6.07, 6.45) is 7.57. The third kappa shape index (κ3) is 9.61. The summed E-state index contributed by atoms with van der Waals surface area (Å²) in [7, 11) is 0. The molecule has 0 saturated carbocycles. The Morgan fingerprint density at radius 1 is 0.237 bits per heavy atom. The van der Waals surface area contributed by atoms with Gasteiger partial charge in [0.05, 0.1) is 44.2 Å². The lowest BCUT2D eigenvalue weighted by molar-refractivity contribution is 1.05. The van der Waals surface area contributed by atoms with Crippen LogP contribution in [-0.4, -0.2) is 0 Å². The van der Waals surface area contributed by atoms with Crippen molar-refractivity contribution < 1.29 is 0 Å². The van der Waals surface area contributed by atoms with E-state index in [0.29, 0.717) is 0 Å². The molecule has 0 unspecified atom stereocenters. The Labute approximate surface area is 473 Å². The van der Waals surface area contributed by atoms with Crippen LogP contribution in [0.1, 0.15) is 122 Å². The van der Waals surface area contributed by atoms with Crippen molar-refractivity contribution in [3.05, 3.63) is 234 Å². The third-order valence-electron chi connectivity index (χ3n) is 16.8. The molecule has 0 atom stereocenters. The molecule has 12 aromatic rings. The molecule has 0 amide bonds. The largest absolute Gasteiger partial charge is 0.246 e. The fourth-order valence-corrected chi connectivity index (χ4v) is 13.0. The average molecular weight is 1050 g/mol. The summed E-state index contributed by atoms with van der Waals surface area (Å²) in [4.78, 5) is 22.4. The summed E-state index contributed by atoms with van der Waals surface area (Å²) in [5.74, 6) is 0. The van der Waals surface area contributed by atoms with E-state index in [1.165, 1.54) is 131 Å². The van der Waals surface area contributed by atoms with Crippen molar-refractivity contribution in [1.29, 1.82) is 0 Å². The molecular weight excluding hydrogens is 969 g/mol. The highest BCUT2D eigenvalue weighted by Gasteiger charge is 2.19. The summed E-state index contributed by atoms with van der Waals surface area (Å²) >= 11 is 0. The van der Waals surface area contributed by atoms with Gasteiger partial charge in [-0.2, -0.15) is 0 Å². The Hall–Kier alpha value is -8.08. The van der Waals surface area contributed by atoms with Gasteiger partial charge in [0.15, 0.2) is 0 Å². The predicted molar refractivity (Wildman–Crippen MR) is 343 cm³/mol. The van der Waals surface area contributed by atoms with Crippen LogP contribution < -0.4 is 21.4 Å². The molecule has 0 spiro atoms. The van der Waals surface area contributed by atoms with Gasteiger partial charge in [0.1, 0.15) is 0 Å². The first-order valence-electron chi connectivity index (χ1n) is 29.7. The number of aryl methyl sites for hydroxylation is 12. The number of hydrogen-bond acceptors (Lipinski definition) is 4. The molecule has 0 aromatic heterocycles. The van der Waals surface area contributed by atoms with Gasteiger partial charge in [0, 0.05) is 21.5 Å². The number of hydrogen-bond donors (Lipinski definition) is 0. The number of nitrogens with zero attached hydrogens (tertiary/aromatic N) is 4. The van der Waals surface area contributed by atoms with Gasteiger partial charge in [-0.3, -0.25) is 0 Å². The van der Waals surface area contributed by atoms with Crippen LogP contribution in [0.2, 0.25) is 0 Å². The maximum Gasteiger partial charge on any atom is 0.0979 e. The Bertz CT molecular complexity index is 3930. The maximum absolute atomic E-state index is 5.60. The van der Waals surface area contributed by atoms with Crippen molar-refractivity contribution in [3.8, 4) is 0 Å².